The number of aromatic nitrogens is 2. The lowest BCUT2D eigenvalue weighted by atomic mass is 9.71. The van der Waals surface area contributed by atoms with Crippen LogP contribution < -0.4 is 11.6 Å². The molecule has 0 radical (unpaired) electrons. The number of carbonyl (C=O) groups is 1. The lowest BCUT2D eigenvalue weighted by Gasteiger charge is -2.35. The maximum absolute atomic E-state index is 12.3. The number of carbonyl (C=O) groups excluding carboxylic acids is 1. The molecule has 0 unspecified atom stereocenters. The molecule has 0 spiro atoms. The zero-order valence-electron chi connectivity index (χ0n) is 21.4. The molecule has 4 N–H and O–H groups in total. The van der Waals surface area contributed by atoms with E-state index in [9.17, 15) is 4.79 Å². The number of anilines is 1. The number of amides is 1. The Labute approximate surface area is 203 Å². The zero-order chi connectivity index (χ0) is 25.1. The number of hydrogen-bond donors (Lipinski definition) is 2. The van der Waals surface area contributed by atoms with Crippen LogP contribution in [0.3, 0.4) is 0 Å². The second-order valence-corrected chi connectivity index (χ2v) is 10.9. The quantitative estimate of drug-likeness (QED) is 0.631. The fourth-order valence-corrected chi connectivity index (χ4v) is 4.97. The van der Waals surface area contributed by atoms with Crippen molar-refractivity contribution in [2.24, 2.45) is 11.8 Å². The number of ether oxygens (including phenoxy) is 1. The van der Waals surface area contributed by atoms with Gasteiger partial charge in [0.1, 0.15) is 17.7 Å². The minimum atomic E-state index is -0.445. The van der Waals surface area contributed by atoms with Crippen molar-refractivity contribution in [3.05, 3.63) is 41.2 Å². The van der Waals surface area contributed by atoms with Crippen LogP contribution in [-0.2, 0) is 27.8 Å². The Balaban J connectivity index is 0.00000103. The largest absolute Gasteiger partial charge is 0.444 e. The Morgan fingerprint density at radius 3 is 2.47 bits per heavy atom. The van der Waals surface area contributed by atoms with Crippen molar-refractivity contribution >= 4 is 11.9 Å². The summed E-state index contributed by atoms with van der Waals surface area (Å²) in [4.78, 5) is 26.7. The van der Waals surface area contributed by atoms with Crippen molar-refractivity contribution in [1.82, 2.24) is 14.9 Å². The Kier molecular flexibility index (Phi) is 7.83. The minimum Gasteiger partial charge on any atom is -0.444 e. The highest BCUT2D eigenvalue weighted by Crippen LogP contribution is 2.44. The molecule has 1 saturated heterocycles. The SMILES string of the molecule is CC(C)(C)OC(=O)N1CCC(Cc2ccc3c(c2)CC(C)(C)c2c(N)ncnc2-3)CC1.CON. The second-order valence-electron chi connectivity index (χ2n) is 10.9. The Hall–Kier alpha value is -2.71. The number of nitrogens with zero attached hydrogens (tertiary/aromatic N) is 3. The number of nitrogen functional groups attached to an aromatic ring is 1. The first-order valence-corrected chi connectivity index (χ1v) is 11.9. The summed E-state index contributed by atoms with van der Waals surface area (Å²) in [5.41, 5.74) is 11.6. The van der Waals surface area contributed by atoms with Crippen LogP contribution in [0.4, 0.5) is 10.6 Å². The Morgan fingerprint density at radius 1 is 1.21 bits per heavy atom. The van der Waals surface area contributed by atoms with Crippen LogP contribution in [0.2, 0.25) is 0 Å². The van der Waals surface area contributed by atoms with E-state index in [-0.39, 0.29) is 11.5 Å². The molecule has 1 fully saturated rings. The predicted octanol–water partition coefficient (Wildman–Crippen LogP) is 4.26. The van der Waals surface area contributed by atoms with Crippen molar-refractivity contribution in [3.63, 3.8) is 0 Å². The summed E-state index contributed by atoms with van der Waals surface area (Å²) >= 11 is 0. The summed E-state index contributed by atoms with van der Waals surface area (Å²) in [7, 11) is 1.40. The van der Waals surface area contributed by atoms with Crippen molar-refractivity contribution in [3.8, 4) is 11.3 Å². The first-order chi connectivity index (χ1) is 15.9. The second kappa shape index (κ2) is 10.3. The van der Waals surface area contributed by atoms with Crippen LogP contribution in [0.25, 0.3) is 11.3 Å². The highest BCUT2D eigenvalue weighted by Gasteiger charge is 2.34. The monoisotopic (exact) mass is 469 g/mol. The van der Waals surface area contributed by atoms with Gasteiger partial charge in [0.2, 0.25) is 0 Å². The summed E-state index contributed by atoms with van der Waals surface area (Å²) in [5, 5.41) is 0. The fourth-order valence-electron chi connectivity index (χ4n) is 4.97. The van der Waals surface area contributed by atoms with E-state index in [0.29, 0.717) is 11.7 Å². The average molecular weight is 470 g/mol. The predicted molar refractivity (Wildman–Crippen MR) is 134 cm³/mol. The molecule has 1 aliphatic carbocycles. The molecule has 2 aliphatic rings. The molecule has 1 amide bonds. The van der Waals surface area contributed by atoms with E-state index in [1.54, 1.807) is 6.33 Å². The van der Waals surface area contributed by atoms with Gasteiger partial charge in [-0.15, -0.1) is 0 Å². The molecule has 1 aliphatic heterocycles. The topological polar surface area (TPSA) is 117 Å². The number of hydrogen-bond acceptors (Lipinski definition) is 7. The molecule has 1 aromatic heterocycles. The third-order valence-electron chi connectivity index (χ3n) is 6.40. The summed E-state index contributed by atoms with van der Waals surface area (Å²) in [5.74, 6) is 5.51. The molecule has 4 rings (SSSR count). The molecule has 8 heteroatoms. The summed E-state index contributed by atoms with van der Waals surface area (Å²) in [6.07, 6.45) is 5.35. The maximum Gasteiger partial charge on any atom is 0.410 e. The molecule has 2 heterocycles. The van der Waals surface area contributed by atoms with Crippen molar-refractivity contribution in [2.75, 3.05) is 25.9 Å². The first kappa shape index (κ1) is 25.9. The van der Waals surface area contributed by atoms with Crippen LogP contribution in [0, 0.1) is 5.92 Å². The van der Waals surface area contributed by atoms with Crippen LogP contribution in [-0.4, -0.2) is 46.8 Å². The van der Waals surface area contributed by atoms with Gasteiger partial charge in [-0.1, -0.05) is 32.0 Å². The van der Waals surface area contributed by atoms with E-state index in [0.717, 1.165) is 50.0 Å². The molecule has 186 valence electrons. The molecule has 8 nitrogen and oxygen atoms in total. The van der Waals surface area contributed by atoms with Gasteiger partial charge < -0.3 is 20.2 Å². The summed E-state index contributed by atoms with van der Waals surface area (Å²) < 4.78 is 5.52. The van der Waals surface area contributed by atoms with Crippen LogP contribution in [0.5, 0.6) is 0 Å². The minimum absolute atomic E-state index is 0.0922. The number of nitrogens with two attached hydrogens (primary N) is 2. The molecule has 34 heavy (non-hydrogen) atoms. The standard InChI is InChI=1S/C25H34N4O2.CH5NO/c1-24(2,3)31-23(30)29-10-8-16(9-11-29)12-17-6-7-19-18(13-17)14-25(4,5)20-21(19)27-15-28-22(20)26;1-3-2/h6-7,13,15-16H,8-12,14H2,1-5H3,(H2,26,27,28);2H2,1H3. The molecule has 1 aromatic carbocycles. The maximum atomic E-state index is 12.3. The van der Waals surface area contributed by atoms with E-state index in [1.807, 2.05) is 25.7 Å². The normalized spacial score (nSPS) is 17.2. The lowest BCUT2D eigenvalue weighted by molar-refractivity contribution is 0.0184. The Bertz CT molecular complexity index is 1010. The highest BCUT2D eigenvalue weighted by atomic mass is 16.6. The van der Waals surface area contributed by atoms with Crippen molar-refractivity contribution in [2.45, 2.75) is 71.3 Å². The van der Waals surface area contributed by atoms with E-state index in [1.165, 1.54) is 23.8 Å². The number of fused-ring (bicyclic) bond motifs is 3. The number of rotatable bonds is 2. The fraction of sp³-hybridized carbons (Fsp3) is 0.577. The first-order valence-electron chi connectivity index (χ1n) is 11.9. The molecule has 2 aromatic rings. The van der Waals surface area contributed by atoms with Gasteiger partial charge in [-0.25, -0.2) is 20.7 Å². The molecular weight excluding hydrogens is 430 g/mol. The Morgan fingerprint density at radius 2 is 1.85 bits per heavy atom. The van der Waals surface area contributed by atoms with E-state index >= 15 is 0 Å². The van der Waals surface area contributed by atoms with Gasteiger partial charge in [-0.05, 0) is 68.9 Å². The van der Waals surface area contributed by atoms with Gasteiger partial charge in [0.25, 0.3) is 0 Å². The third-order valence-corrected chi connectivity index (χ3v) is 6.40. The van der Waals surface area contributed by atoms with Crippen molar-refractivity contribution in [1.29, 1.82) is 0 Å². The third kappa shape index (κ3) is 6.04. The summed E-state index contributed by atoms with van der Waals surface area (Å²) in [6.45, 7) is 11.7. The van der Waals surface area contributed by atoms with Crippen molar-refractivity contribution < 1.29 is 14.4 Å². The van der Waals surface area contributed by atoms with Gasteiger partial charge in [-0.3, -0.25) is 0 Å². The van der Waals surface area contributed by atoms with E-state index in [4.69, 9.17) is 10.5 Å². The number of benzene rings is 1. The van der Waals surface area contributed by atoms with Gasteiger partial charge in [0.05, 0.1) is 12.8 Å². The zero-order valence-corrected chi connectivity index (χ0v) is 21.4. The van der Waals surface area contributed by atoms with Crippen LogP contribution >= 0.6 is 0 Å². The van der Waals surface area contributed by atoms with E-state index in [2.05, 4.69) is 52.7 Å². The molecule has 0 bridgehead atoms. The van der Waals surface area contributed by atoms with Crippen LogP contribution in [0.1, 0.15) is 64.2 Å². The molecule has 0 saturated carbocycles. The highest BCUT2D eigenvalue weighted by molar-refractivity contribution is 5.75. The number of likely N-dealkylation sites (tertiary alicyclic amines) is 1. The average Bonchev–Trinajstić information content (AvgIpc) is 2.73. The van der Waals surface area contributed by atoms with Gasteiger partial charge >= 0.3 is 6.09 Å². The molecular formula is C26H39N5O3. The van der Waals surface area contributed by atoms with Gasteiger partial charge in [0.15, 0.2) is 0 Å². The smallest absolute Gasteiger partial charge is 0.410 e. The van der Waals surface area contributed by atoms with Crippen LogP contribution in [0.15, 0.2) is 24.5 Å². The molecule has 0 atom stereocenters. The van der Waals surface area contributed by atoms with Gasteiger partial charge in [-0.2, -0.15) is 0 Å². The van der Waals surface area contributed by atoms with Gasteiger partial charge in [0, 0.05) is 24.2 Å². The summed E-state index contributed by atoms with van der Waals surface area (Å²) in [6, 6.07) is 6.76. The number of piperidine rings is 1. The lowest BCUT2D eigenvalue weighted by Crippen LogP contribution is -2.42. The van der Waals surface area contributed by atoms with E-state index < -0.39 is 5.60 Å².